The van der Waals surface area contributed by atoms with E-state index in [9.17, 15) is 4.79 Å². The van der Waals surface area contributed by atoms with Gasteiger partial charge in [-0.2, -0.15) is 4.99 Å². The van der Waals surface area contributed by atoms with Crippen LogP contribution < -0.4 is 0 Å². The Bertz CT molecular complexity index is 423. The van der Waals surface area contributed by atoms with Crippen LogP contribution in [0.4, 0.5) is 0 Å². The minimum Gasteiger partial charge on any atom is -0.266 e. The van der Waals surface area contributed by atoms with Crippen LogP contribution in [0.3, 0.4) is 0 Å². The number of amides is 1. The van der Waals surface area contributed by atoms with E-state index in [4.69, 9.17) is 0 Å². The van der Waals surface area contributed by atoms with Gasteiger partial charge in [-0.3, -0.25) is 4.79 Å². The maximum Gasteiger partial charge on any atom is 0.285 e. The summed E-state index contributed by atoms with van der Waals surface area (Å²) >= 11 is 4.38. The van der Waals surface area contributed by atoms with Gasteiger partial charge in [0, 0.05) is 5.56 Å². The molecule has 0 fully saturated rings. The fourth-order valence-corrected chi connectivity index (χ4v) is 1.30. The lowest BCUT2D eigenvalue weighted by molar-refractivity contribution is 0.100. The molecule has 0 saturated heterocycles. The Morgan fingerprint density at radius 3 is 1.89 bits per heavy atom. The predicted molar refractivity (Wildman–Crippen MR) is 87.1 cm³/mol. The summed E-state index contributed by atoms with van der Waals surface area (Å²) in [5.74, 6) is -0.342. The maximum atomic E-state index is 11.3. The summed E-state index contributed by atoms with van der Waals surface area (Å²) in [4.78, 5) is 14.7. The van der Waals surface area contributed by atoms with Gasteiger partial charge in [0.2, 0.25) is 0 Å². The van der Waals surface area contributed by atoms with Gasteiger partial charge in [-0.1, -0.05) is 46.8 Å². The monoisotopic (exact) mass is 277 g/mol. The molecular weight excluding hydrogens is 254 g/mol. The van der Waals surface area contributed by atoms with Crippen molar-refractivity contribution in [1.29, 1.82) is 0 Å². The Hall–Kier alpha value is -1.57. The minimum atomic E-state index is -0.342. The van der Waals surface area contributed by atoms with Crippen LogP contribution in [0.25, 0.3) is 0 Å². The fourth-order valence-electron chi connectivity index (χ4n) is 1.22. The van der Waals surface area contributed by atoms with Crippen LogP contribution in [0.15, 0.2) is 42.4 Å². The number of nitrogens with zero attached hydrogens (tertiary/aromatic N) is 1. The number of aliphatic imine (C=N–C) groups is 1. The van der Waals surface area contributed by atoms with Crippen LogP contribution >= 0.6 is 12.2 Å². The van der Waals surface area contributed by atoms with E-state index in [-0.39, 0.29) is 11.3 Å². The van der Waals surface area contributed by atoms with Crippen LogP contribution in [0.1, 0.15) is 50.5 Å². The third-order valence-corrected chi connectivity index (χ3v) is 2.24. The van der Waals surface area contributed by atoms with Crippen molar-refractivity contribution in [3.05, 3.63) is 48.6 Å². The van der Waals surface area contributed by atoms with E-state index in [0.717, 1.165) is 0 Å². The van der Waals surface area contributed by atoms with Crippen molar-refractivity contribution in [3.63, 3.8) is 0 Å². The molecule has 19 heavy (non-hydrogen) atoms. The summed E-state index contributed by atoms with van der Waals surface area (Å²) in [6.07, 6.45) is 0. The van der Waals surface area contributed by atoms with Crippen molar-refractivity contribution in [2.24, 2.45) is 4.99 Å². The molecule has 0 saturated carbocycles. The molecule has 1 aromatic rings. The lowest BCUT2D eigenvalue weighted by atomic mass is 9.87. The molecule has 0 aliphatic carbocycles. The number of isothiocyanates is 1. The Kier molecular flexibility index (Phi) is 10.8. The molecule has 1 aromatic carbocycles. The van der Waals surface area contributed by atoms with E-state index in [1.54, 1.807) is 12.1 Å². The van der Waals surface area contributed by atoms with Gasteiger partial charge in [-0.05, 0) is 35.3 Å². The van der Waals surface area contributed by atoms with Crippen molar-refractivity contribution >= 4 is 23.3 Å². The molecule has 0 aromatic heterocycles. The smallest absolute Gasteiger partial charge is 0.266 e. The molecule has 0 spiro atoms. The average molecular weight is 277 g/mol. The van der Waals surface area contributed by atoms with Crippen molar-refractivity contribution in [3.8, 4) is 0 Å². The molecule has 0 heterocycles. The fraction of sp³-hybridized carbons (Fsp3) is 0.375. The Balaban J connectivity index is 0. The summed E-state index contributed by atoms with van der Waals surface area (Å²) in [5, 5.41) is 2.07. The summed E-state index contributed by atoms with van der Waals surface area (Å²) in [7, 11) is 0. The molecule has 0 atom stereocenters. The van der Waals surface area contributed by atoms with Crippen LogP contribution in [-0.4, -0.2) is 11.1 Å². The largest absolute Gasteiger partial charge is 0.285 e. The average Bonchev–Trinajstić information content (AvgIpc) is 2.43. The lowest BCUT2D eigenvalue weighted by Crippen LogP contribution is -2.11. The highest BCUT2D eigenvalue weighted by Gasteiger charge is 2.13. The highest BCUT2D eigenvalue weighted by molar-refractivity contribution is 7.78. The number of thiocarbonyl (C=S) groups is 1. The van der Waals surface area contributed by atoms with Crippen molar-refractivity contribution in [1.82, 2.24) is 0 Å². The van der Waals surface area contributed by atoms with Gasteiger partial charge >= 0.3 is 0 Å². The van der Waals surface area contributed by atoms with Gasteiger partial charge in [0.1, 0.15) is 0 Å². The van der Waals surface area contributed by atoms with Crippen LogP contribution in [-0.2, 0) is 5.41 Å². The Morgan fingerprint density at radius 2 is 1.58 bits per heavy atom. The molecule has 1 amide bonds. The first-order chi connectivity index (χ1) is 8.95. The molecule has 0 bridgehead atoms. The zero-order valence-electron chi connectivity index (χ0n) is 12.5. The molecule has 104 valence electrons. The standard InChI is InChI=1S/C12H13NOS.C2H6.C2H4/c1-12(2,3)10-6-4-9(5-7-10)11(14)13-8-15;2*1-2/h4-7H,1-3H3;1-2H3;1-2H2. The summed E-state index contributed by atoms with van der Waals surface area (Å²) < 4.78 is 0. The first kappa shape index (κ1) is 19.8. The first-order valence-corrected chi connectivity index (χ1v) is 6.59. The molecule has 1 rings (SSSR count). The Morgan fingerprint density at radius 1 is 1.16 bits per heavy atom. The number of hydrogen-bond acceptors (Lipinski definition) is 2. The van der Waals surface area contributed by atoms with Gasteiger partial charge in [-0.15, -0.1) is 13.2 Å². The van der Waals surface area contributed by atoms with Crippen LogP contribution in [0.2, 0.25) is 0 Å². The van der Waals surface area contributed by atoms with Crippen molar-refractivity contribution in [2.45, 2.75) is 40.0 Å². The molecule has 2 nitrogen and oxygen atoms in total. The summed E-state index contributed by atoms with van der Waals surface area (Å²) in [6.45, 7) is 16.4. The maximum absolute atomic E-state index is 11.3. The highest BCUT2D eigenvalue weighted by Crippen LogP contribution is 2.22. The Labute approximate surface area is 122 Å². The van der Waals surface area contributed by atoms with Crippen LogP contribution in [0.5, 0.6) is 0 Å². The number of carbonyl (C=O) groups excluding carboxylic acids is 1. The SMILES string of the molecule is C=C.CC.CC(C)(C)c1ccc(C(=O)N=C=S)cc1. The van der Waals surface area contributed by atoms with Crippen LogP contribution in [0, 0.1) is 0 Å². The second-order valence-electron chi connectivity index (χ2n) is 4.34. The van der Waals surface area contributed by atoms with Gasteiger partial charge in [0.05, 0.1) is 5.16 Å². The highest BCUT2D eigenvalue weighted by atomic mass is 32.1. The summed E-state index contributed by atoms with van der Waals surface area (Å²) in [6, 6.07) is 7.40. The molecule has 0 radical (unpaired) electrons. The molecular formula is C16H23NOS. The molecule has 3 heteroatoms. The van der Waals surface area contributed by atoms with Crippen molar-refractivity contribution < 1.29 is 4.79 Å². The summed E-state index contributed by atoms with van der Waals surface area (Å²) in [5.41, 5.74) is 1.82. The van der Waals surface area contributed by atoms with E-state index in [0.29, 0.717) is 5.56 Å². The van der Waals surface area contributed by atoms with E-state index >= 15 is 0 Å². The lowest BCUT2D eigenvalue weighted by Gasteiger charge is -2.18. The molecule has 0 unspecified atom stereocenters. The minimum absolute atomic E-state index is 0.0922. The van der Waals surface area contributed by atoms with Crippen molar-refractivity contribution in [2.75, 3.05) is 0 Å². The first-order valence-electron chi connectivity index (χ1n) is 6.18. The van der Waals surface area contributed by atoms with Gasteiger partial charge in [0.15, 0.2) is 0 Å². The normalized spacial score (nSPS) is 8.89. The second kappa shape index (κ2) is 10.4. The van der Waals surface area contributed by atoms with Gasteiger partial charge < -0.3 is 0 Å². The third-order valence-electron chi connectivity index (χ3n) is 2.15. The van der Waals surface area contributed by atoms with E-state index in [2.05, 4.69) is 56.3 Å². The van der Waals surface area contributed by atoms with E-state index in [1.807, 2.05) is 26.0 Å². The molecule has 0 N–H and O–H groups in total. The van der Waals surface area contributed by atoms with Gasteiger partial charge in [-0.25, -0.2) is 0 Å². The zero-order chi connectivity index (χ0) is 15.5. The molecule has 0 aliphatic heterocycles. The second-order valence-corrected chi connectivity index (χ2v) is 4.52. The number of hydrogen-bond donors (Lipinski definition) is 0. The topological polar surface area (TPSA) is 29.4 Å². The zero-order valence-corrected chi connectivity index (χ0v) is 13.3. The van der Waals surface area contributed by atoms with Gasteiger partial charge in [0.25, 0.3) is 5.91 Å². The molecule has 0 aliphatic rings. The number of rotatable bonds is 1. The third kappa shape index (κ3) is 7.45. The van der Waals surface area contributed by atoms with E-state index in [1.165, 1.54) is 5.56 Å². The van der Waals surface area contributed by atoms with E-state index < -0.39 is 0 Å². The quantitative estimate of drug-likeness (QED) is 0.408. The number of carbonyl (C=O) groups is 1. The number of benzene rings is 1. The predicted octanol–water partition coefficient (Wildman–Crippen LogP) is 5.06.